The third kappa shape index (κ3) is 4.55. The Balaban J connectivity index is 2.88. The lowest BCUT2D eigenvalue weighted by Gasteiger charge is -2.21. The van der Waals surface area contributed by atoms with Gasteiger partial charge in [-0.2, -0.15) is 8.78 Å². The smallest absolute Gasteiger partial charge is 0.461 e. The van der Waals surface area contributed by atoms with Crippen LogP contribution in [0.2, 0.25) is 0 Å². The minimum atomic E-state index is -4.92. The Kier molecular flexibility index (Phi) is 5.10. The van der Waals surface area contributed by atoms with E-state index in [-0.39, 0.29) is 6.61 Å². The van der Waals surface area contributed by atoms with Gasteiger partial charge in [-0.15, -0.1) is 13.2 Å². The van der Waals surface area contributed by atoms with Crippen molar-refractivity contribution in [3.05, 3.63) is 29.8 Å². The van der Waals surface area contributed by atoms with E-state index in [1.807, 2.05) is 0 Å². The number of benzene rings is 1. The first-order valence-corrected chi connectivity index (χ1v) is 5.66. The summed E-state index contributed by atoms with van der Waals surface area (Å²) in [4.78, 5) is 11.0. The molecule has 0 fully saturated rings. The quantitative estimate of drug-likeness (QED) is 0.671. The zero-order valence-corrected chi connectivity index (χ0v) is 10.7. The topological polar surface area (TPSA) is 55.8 Å². The van der Waals surface area contributed by atoms with Crippen LogP contribution in [-0.2, 0) is 9.53 Å². The van der Waals surface area contributed by atoms with Gasteiger partial charge < -0.3 is 14.6 Å². The van der Waals surface area contributed by atoms with Crippen molar-refractivity contribution in [3.63, 3.8) is 0 Å². The van der Waals surface area contributed by atoms with E-state index in [9.17, 15) is 31.9 Å². The highest BCUT2D eigenvalue weighted by atomic mass is 19.4. The number of hydrogen-bond acceptors (Lipinski definition) is 4. The van der Waals surface area contributed by atoms with Crippen LogP contribution in [0.5, 0.6) is 5.75 Å². The Morgan fingerprint density at radius 2 is 1.71 bits per heavy atom. The van der Waals surface area contributed by atoms with Gasteiger partial charge in [0.1, 0.15) is 5.75 Å². The predicted octanol–water partition coefficient (Wildman–Crippen LogP) is 2.82. The molecule has 4 nitrogen and oxygen atoms in total. The molecule has 1 aromatic carbocycles. The van der Waals surface area contributed by atoms with Crippen LogP contribution in [0.15, 0.2) is 24.3 Å². The van der Waals surface area contributed by atoms with Crippen LogP contribution < -0.4 is 4.74 Å². The van der Waals surface area contributed by atoms with Crippen molar-refractivity contribution in [2.75, 3.05) is 6.61 Å². The Bertz CT molecular complexity index is 483. The molecule has 0 spiro atoms. The molecule has 0 heterocycles. The number of halogens is 5. The summed E-state index contributed by atoms with van der Waals surface area (Å²) in [6, 6.07) is 3.07. The Hall–Kier alpha value is -1.90. The van der Waals surface area contributed by atoms with Gasteiger partial charge in [-0.25, -0.2) is 4.79 Å². The van der Waals surface area contributed by atoms with E-state index in [0.29, 0.717) is 0 Å². The molecule has 1 aromatic rings. The van der Waals surface area contributed by atoms with Crippen molar-refractivity contribution in [3.8, 4) is 5.75 Å². The molecule has 0 saturated carbocycles. The van der Waals surface area contributed by atoms with Crippen molar-refractivity contribution >= 4 is 5.97 Å². The molecular formula is C12H11F5O4. The number of esters is 1. The molecule has 0 aliphatic heterocycles. The van der Waals surface area contributed by atoms with Crippen molar-refractivity contribution in [1.29, 1.82) is 0 Å². The largest absolute Gasteiger partial charge is 0.573 e. The summed E-state index contributed by atoms with van der Waals surface area (Å²) >= 11 is 0. The summed E-state index contributed by atoms with van der Waals surface area (Å²) in [5.41, 5.74) is -0.456. The molecule has 1 atom stereocenters. The molecule has 0 aliphatic rings. The van der Waals surface area contributed by atoms with Gasteiger partial charge in [-0.05, 0) is 24.6 Å². The monoisotopic (exact) mass is 314 g/mol. The van der Waals surface area contributed by atoms with Crippen LogP contribution in [-0.4, -0.2) is 30.0 Å². The number of carbonyl (C=O) groups is 1. The predicted molar refractivity (Wildman–Crippen MR) is 59.7 cm³/mol. The third-order valence-corrected chi connectivity index (χ3v) is 2.32. The number of aliphatic hydroxyl groups is 1. The number of alkyl halides is 5. The Morgan fingerprint density at radius 3 is 2.14 bits per heavy atom. The molecule has 0 aromatic heterocycles. The minimum absolute atomic E-state index is 0.306. The zero-order chi connectivity index (χ0) is 16.3. The first kappa shape index (κ1) is 17.2. The third-order valence-electron chi connectivity index (χ3n) is 2.32. The molecular weight excluding hydrogens is 303 g/mol. The minimum Gasteiger partial charge on any atom is -0.461 e. The standard InChI is InChI=1S/C12H11F5O4/c1-2-20-10(19)11(13,14)9(18)7-3-5-8(6-4-7)21-12(15,16)17/h3-6,9,18H,2H2,1H3. The van der Waals surface area contributed by atoms with Crippen LogP contribution in [0.3, 0.4) is 0 Å². The van der Waals surface area contributed by atoms with Crippen LogP contribution in [0.1, 0.15) is 18.6 Å². The lowest BCUT2D eigenvalue weighted by molar-refractivity contribution is -0.274. The van der Waals surface area contributed by atoms with E-state index in [2.05, 4.69) is 9.47 Å². The molecule has 0 aliphatic carbocycles. The van der Waals surface area contributed by atoms with Crippen molar-refractivity contribution in [1.82, 2.24) is 0 Å². The SMILES string of the molecule is CCOC(=O)C(F)(F)C(O)c1ccc(OC(F)(F)F)cc1. The Labute approximate surface area is 116 Å². The maximum atomic E-state index is 13.5. The Morgan fingerprint density at radius 1 is 1.19 bits per heavy atom. The van der Waals surface area contributed by atoms with Gasteiger partial charge in [0.25, 0.3) is 0 Å². The summed E-state index contributed by atoms with van der Waals surface area (Å²) in [6.07, 6.45) is -7.47. The second-order valence-electron chi connectivity index (χ2n) is 3.86. The van der Waals surface area contributed by atoms with E-state index in [4.69, 9.17) is 0 Å². The first-order chi connectivity index (χ1) is 9.58. The highest BCUT2D eigenvalue weighted by molar-refractivity contribution is 5.78. The summed E-state index contributed by atoms with van der Waals surface area (Å²) in [5.74, 6) is -6.78. The molecule has 1 unspecified atom stereocenters. The maximum Gasteiger partial charge on any atom is 0.573 e. The molecule has 118 valence electrons. The van der Waals surface area contributed by atoms with Crippen LogP contribution in [0.25, 0.3) is 0 Å². The average Bonchev–Trinajstić information content (AvgIpc) is 2.37. The summed E-state index contributed by atoms with van der Waals surface area (Å²) in [6.45, 7) is 1.00. The molecule has 1 rings (SSSR count). The maximum absolute atomic E-state index is 13.5. The summed E-state index contributed by atoms with van der Waals surface area (Å²) in [5, 5.41) is 9.45. The molecule has 1 N–H and O–H groups in total. The van der Waals surface area contributed by atoms with Gasteiger partial charge in [0.2, 0.25) is 0 Å². The number of ether oxygens (including phenoxy) is 2. The number of hydrogen-bond donors (Lipinski definition) is 1. The summed E-state index contributed by atoms with van der Waals surface area (Å²) in [7, 11) is 0. The molecule has 0 amide bonds. The average molecular weight is 314 g/mol. The zero-order valence-electron chi connectivity index (χ0n) is 10.7. The van der Waals surface area contributed by atoms with Gasteiger partial charge >= 0.3 is 18.3 Å². The van der Waals surface area contributed by atoms with Crippen molar-refractivity contribution in [2.24, 2.45) is 0 Å². The summed E-state index contributed by atoms with van der Waals surface area (Å²) < 4.78 is 70.5. The highest BCUT2D eigenvalue weighted by Gasteiger charge is 2.49. The second kappa shape index (κ2) is 6.25. The van der Waals surface area contributed by atoms with E-state index in [1.165, 1.54) is 6.92 Å². The fourth-order valence-corrected chi connectivity index (χ4v) is 1.40. The van der Waals surface area contributed by atoms with E-state index in [1.54, 1.807) is 0 Å². The lowest BCUT2D eigenvalue weighted by Crippen LogP contribution is -2.37. The highest BCUT2D eigenvalue weighted by Crippen LogP contribution is 2.33. The molecule has 0 radical (unpaired) electrons. The van der Waals surface area contributed by atoms with E-state index < -0.39 is 35.7 Å². The number of aliphatic hydroxyl groups excluding tert-OH is 1. The number of rotatable bonds is 5. The fraction of sp³-hybridized carbons (Fsp3) is 0.417. The number of carbonyl (C=O) groups excluding carboxylic acids is 1. The lowest BCUT2D eigenvalue weighted by atomic mass is 10.0. The second-order valence-corrected chi connectivity index (χ2v) is 3.86. The van der Waals surface area contributed by atoms with E-state index >= 15 is 0 Å². The van der Waals surface area contributed by atoms with Crippen molar-refractivity contribution < 1.29 is 41.3 Å². The van der Waals surface area contributed by atoms with Gasteiger partial charge in [0.05, 0.1) is 6.61 Å². The molecule has 0 saturated heterocycles. The normalized spacial score (nSPS) is 13.7. The van der Waals surface area contributed by atoms with Crippen LogP contribution in [0.4, 0.5) is 22.0 Å². The van der Waals surface area contributed by atoms with Gasteiger partial charge in [0, 0.05) is 0 Å². The van der Waals surface area contributed by atoms with E-state index in [0.717, 1.165) is 24.3 Å². The molecule has 0 bridgehead atoms. The van der Waals surface area contributed by atoms with Gasteiger partial charge in [-0.3, -0.25) is 0 Å². The van der Waals surface area contributed by atoms with Crippen molar-refractivity contribution in [2.45, 2.75) is 25.3 Å². The first-order valence-electron chi connectivity index (χ1n) is 5.66. The fourth-order valence-electron chi connectivity index (χ4n) is 1.40. The van der Waals surface area contributed by atoms with Gasteiger partial charge in [0.15, 0.2) is 6.10 Å². The van der Waals surface area contributed by atoms with Crippen LogP contribution in [0, 0.1) is 0 Å². The van der Waals surface area contributed by atoms with Crippen LogP contribution >= 0.6 is 0 Å². The molecule has 21 heavy (non-hydrogen) atoms. The van der Waals surface area contributed by atoms with Gasteiger partial charge in [-0.1, -0.05) is 12.1 Å². The molecule has 9 heteroatoms.